The highest BCUT2D eigenvalue weighted by molar-refractivity contribution is 5.75. The lowest BCUT2D eigenvalue weighted by molar-refractivity contribution is -0.130. The van der Waals surface area contributed by atoms with E-state index in [2.05, 4.69) is 30.7 Å². The predicted octanol–water partition coefficient (Wildman–Crippen LogP) is 2.67. The van der Waals surface area contributed by atoms with E-state index < -0.39 is 0 Å². The molecule has 0 N–H and O–H groups in total. The first kappa shape index (κ1) is 16.7. The van der Waals surface area contributed by atoms with Crippen LogP contribution < -0.4 is 4.90 Å². The van der Waals surface area contributed by atoms with Crippen molar-refractivity contribution in [2.24, 2.45) is 0 Å². The highest BCUT2D eigenvalue weighted by Crippen LogP contribution is 2.28. The molecule has 0 saturated carbocycles. The van der Waals surface area contributed by atoms with Gasteiger partial charge in [-0.2, -0.15) is 0 Å². The molecule has 1 aromatic heterocycles. The van der Waals surface area contributed by atoms with E-state index in [1.54, 1.807) is 0 Å². The summed E-state index contributed by atoms with van der Waals surface area (Å²) in [6.07, 6.45) is 1.58. The van der Waals surface area contributed by atoms with Gasteiger partial charge in [0.05, 0.1) is 0 Å². The fourth-order valence-corrected chi connectivity index (χ4v) is 3.22. The van der Waals surface area contributed by atoms with Crippen molar-refractivity contribution in [1.29, 1.82) is 0 Å². The van der Waals surface area contributed by atoms with Crippen molar-refractivity contribution in [2.45, 2.75) is 53.4 Å². The number of rotatable bonds is 3. The SMILES string of the molecule is CCC(=O)N1CCCN(c2nc(C)nc(C)c2C(C)C)CC1. The molecule has 1 aliphatic heterocycles. The Morgan fingerprint density at radius 2 is 1.86 bits per heavy atom. The standard InChI is InChI=1S/C17H28N4O/c1-6-15(22)20-8-7-9-21(11-10-20)17-16(12(2)3)13(4)18-14(5)19-17/h12H,6-11H2,1-5H3. The van der Waals surface area contributed by atoms with Gasteiger partial charge < -0.3 is 9.80 Å². The summed E-state index contributed by atoms with van der Waals surface area (Å²) in [6, 6.07) is 0. The van der Waals surface area contributed by atoms with Gasteiger partial charge in [-0.25, -0.2) is 9.97 Å². The molecule has 0 radical (unpaired) electrons. The lowest BCUT2D eigenvalue weighted by Crippen LogP contribution is -2.35. The highest BCUT2D eigenvalue weighted by Gasteiger charge is 2.23. The van der Waals surface area contributed by atoms with E-state index in [0.717, 1.165) is 49.9 Å². The van der Waals surface area contributed by atoms with Gasteiger partial charge in [-0.1, -0.05) is 20.8 Å². The van der Waals surface area contributed by atoms with Gasteiger partial charge in [-0.15, -0.1) is 0 Å². The molecule has 1 fully saturated rings. The van der Waals surface area contributed by atoms with Crippen LogP contribution in [0.5, 0.6) is 0 Å². The number of carbonyl (C=O) groups is 1. The zero-order valence-corrected chi connectivity index (χ0v) is 14.5. The minimum Gasteiger partial charge on any atom is -0.354 e. The molecule has 1 amide bonds. The van der Waals surface area contributed by atoms with Gasteiger partial charge in [0.2, 0.25) is 5.91 Å². The van der Waals surface area contributed by atoms with Gasteiger partial charge in [-0.3, -0.25) is 4.79 Å². The summed E-state index contributed by atoms with van der Waals surface area (Å²) < 4.78 is 0. The number of carbonyl (C=O) groups excluding carboxylic acids is 1. The van der Waals surface area contributed by atoms with Crippen LogP contribution in [0, 0.1) is 13.8 Å². The third kappa shape index (κ3) is 3.57. The second kappa shape index (κ2) is 7.07. The largest absolute Gasteiger partial charge is 0.354 e. The number of hydrogen-bond acceptors (Lipinski definition) is 4. The topological polar surface area (TPSA) is 49.3 Å². The van der Waals surface area contributed by atoms with E-state index in [-0.39, 0.29) is 5.91 Å². The first-order valence-electron chi connectivity index (χ1n) is 8.31. The summed E-state index contributed by atoms with van der Waals surface area (Å²) in [5, 5.41) is 0. The molecule has 0 aliphatic carbocycles. The lowest BCUT2D eigenvalue weighted by atomic mass is 10.0. The second-order valence-corrected chi connectivity index (χ2v) is 6.32. The maximum Gasteiger partial charge on any atom is 0.222 e. The van der Waals surface area contributed by atoms with Crippen molar-refractivity contribution in [3.63, 3.8) is 0 Å². The monoisotopic (exact) mass is 304 g/mol. The summed E-state index contributed by atoms with van der Waals surface area (Å²) in [5.41, 5.74) is 2.31. The first-order valence-corrected chi connectivity index (χ1v) is 8.31. The summed E-state index contributed by atoms with van der Waals surface area (Å²) in [6.45, 7) is 13.8. The third-order valence-corrected chi connectivity index (χ3v) is 4.26. The Balaban J connectivity index is 2.27. The van der Waals surface area contributed by atoms with Crippen molar-refractivity contribution in [3.8, 4) is 0 Å². The maximum atomic E-state index is 11.9. The molecule has 1 saturated heterocycles. The molecule has 0 unspecified atom stereocenters. The Morgan fingerprint density at radius 3 is 2.50 bits per heavy atom. The van der Waals surface area contributed by atoms with Crippen LogP contribution in [-0.4, -0.2) is 47.0 Å². The fourth-order valence-electron chi connectivity index (χ4n) is 3.22. The molecule has 122 valence electrons. The van der Waals surface area contributed by atoms with Crippen LogP contribution in [0.4, 0.5) is 5.82 Å². The predicted molar refractivity (Wildman–Crippen MR) is 89.3 cm³/mol. The average Bonchev–Trinajstić information content (AvgIpc) is 2.70. The maximum absolute atomic E-state index is 11.9. The molecule has 22 heavy (non-hydrogen) atoms. The summed E-state index contributed by atoms with van der Waals surface area (Å²) in [4.78, 5) is 25.5. The zero-order valence-electron chi connectivity index (χ0n) is 14.5. The molecule has 0 aromatic carbocycles. The van der Waals surface area contributed by atoms with Crippen molar-refractivity contribution < 1.29 is 4.79 Å². The van der Waals surface area contributed by atoms with E-state index in [4.69, 9.17) is 4.98 Å². The van der Waals surface area contributed by atoms with E-state index >= 15 is 0 Å². The molecular formula is C17H28N4O. The van der Waals surface area contributed by atoms with Crippen LogP contribution in [0.15, 0.2) is 0 Å². The van der Waals surface area contributed by atoms with Gasteiger partial charge >= 0.3 is 0 Å². The van der Waals surface area contributed by atoms with Crippen molar-refractivity contribution in [3.05, 3.63) is 17.1 Å². The fraction of sp³-hybridized carbons (Fsp3) is 0.706. The number of aryl methyl sites for hydroxylation is 2. The van der Waals surface area contributed by atoms with Gasteiger partial charge in [0.1, 0.15) is 11.6 Å². The van der Waals surface area contributed by atoms with Crippen molar-refractivity contribution >= 4 is 11.7 Å². The van der Waals surface area contributed by atoms with Crippen LogP contribution in [0.2, 0.25) is 0 Å². The van der Waals surface area contributed by atoms with E-state index in [1.165, 1.54) is 5.56 Å². The second-order valence-electron chi connectivity index (χ2n) is 6.32. The Kier molecular flexibility index (Phi) is 5.37. The van der Waals surface area contributed by atoms with Gasteiger partial charge in [-0.05, 0) is 26.2 Å². The van der Waals surface area contributed by atoms with Crippen LogP contribution in [0.1, 0.15) is 56.6 Å². The minimum atomic E-state index is 0.251. The Hall–Kier alpha value is -1.65. The van der Waals surface area contributed by atoms with Gasteiger partial charge in [0, 0.05) is 43.9 Å². The van der Waals surface area contributed by atoms with Gasteiger partial charge in [0.25, 0.3) is 0 Å². The number of aromatic nitrogens is 2. The van der Waals surface area contributed by atoms with Crippen LogP contribution in [0.25, 0.3) is 0 Å². The molecule has 2 rings (SSSR count). The normalized spacial score (nSPS) is 16.1. The Morgan fingerprint density at radius 1 is 1.14 bits per heavy atom. The summed E-state index contributed by atoms with van der Waals surface area (Å²) in [5.74, 6) is 2.53. The molecule has 5 nitrogen and oxygen atoms in total. The lowest BCUT2D eigenvalue weighted by Gasteiger charge is -2.27. The molecule has 1 aliphatic rings. The molecule has 0 spiro atoms. The smallest absolute Gasteiger partial charge is 0.222 e. The molecule has 5 heteroatoms. The molecular weight excluding hydrogens is 276 g/mol. The molecule has 1 aromatic rings. The molecule has 2 heterocycles. The molecule has 0 bridgehead atoms. The number of nitrogens with zero attached hydrogens (tertiary/aromatic N) is 4. The van der Waals surface area contributed by atoms with E-state index in [1.807, 2.05) is 18.7 Å². The number of amides is 1. The van der Waals surface area contributed by atoms with E-state index in [9.17, 15) is 4.79 Å². The van der Waals surface area contributed by atoms with Crippen LogP contribution >= 0.6 is 0 Å². The number of hydrogen-bond donors (Lipinski definition) is 0. The molecule has 0 atom stereocenters. The van der Waals surface area contributed by atoms with Crippen LogP contribution in [0.3, 0.4) is 0 Å². The van der Waals surface area contributed by atoms with Gasteiger partial charge in [0.15, 0.2) is 0 Å². The minimum absolute atomic E-state index is 0.251. The quantitative estimate of drug-likeness (QED) is 0.861. The zero-order chi connectivity index (χ0) is 16.3. The third-order valence-electron chi connectivity index (χ3n) is 4.26. The van der Waals surface area contributed by atoms with Crippen LogP contribution in [-0.2, 0) is 4.79 Å². The summed E-state index contributed by atoms with van der Waals surface area (Å²) >= 11 is 0. The highest BCUT2D eigenvalue weighted by atomic mass is 16.2. The Bertz CT molecular complexity index is 542. The first-order chi connectivity index (χ1) is 10.4. The van der Waals surface area contributed by atoms with Crippen molar-refractivity contribution in [1.82, 2.24) is 14.9 Å². The number of anilines is 1. The van der Waals surface area contributed by atoms with E-state index in [0.29, 0.717) is 12.3 Å². The summed E-state index contributed by atoms with van der Waals surface area (Å²) in [7, 11) is 0. The average molecular weight is 304 g/mol. The Labute approximate surface area is 133 Å². The van der Waals surface area contributed by atoms with Crippen molar-refractivity contribution in [2.75, 3.05) is 31.1 Å².